The predicted molar refractivity (Wildman–Crippen MR) is 83.7 cm³/mol. The maximum atomic E-state index is 6.15. The molecule has 0 saturated carbocycles. The lowest BCUT2D eigenvalue weighted by atomic mass is 9.93. The molecule has 104 valence electrons. The smallest absolute Gasteiger partial charge is 0.0422 e. The molecule has 0 aromatic heterocycles. The Morgan fingerprint density at radius 3 is 2.84 bits per heavy atom. The quantitative estimate of drug-likeness (QED) is 0.920. The van der Waals surface area contributed by atoms with Crippen LogP contribution in [0.3, 0.4) is 0 Å². The summed E-state index contributed by atoms with van der Waals surface area (Å²) in [5.74, 6) is 3.25. The first-order valence-electron chi connectivity index (χ1n) is 7.42. The van der Waals surface area contributed by atoms with Crippen LogP contribution in [-0.2, 0) is 0 Å². The minimum Gasteiger partial charge on any atom is -0.329 e. The van der Waals surface area contributed by atoms with Crippen molar-refractivity contribution in [1.29, 1.82) is 0 Å². The third-order valence-electron chi connectivity index (χ3n) is 4.81. The van der Waals surface area contributed by atoms with E-state index >= 15 is 0 Å². The molecule has 19 heavy (non-hydrogen) atoms. The van der Waals surface area contributed by atoms with Gasteiger partial charge in [0, 0.05) is 24.4 Å². The van der Waals surface area contributed by atoms with Crippen molar-refractivity contribution in [1.82, 2.24) is 4.90 Å². The van der Waals surface area contributed by atoms with E-state index in [-0.39, 0.29) is 5.54 Å². The zero-order chi connectivity index (χ0) is 13.1. The molecule has 0 spiro atoms. The fourth-order valence-corrected chi connectivity index (χ4v) is 4.88. The summed E-state index contributed by atoms with van der Waals surface area (Å²) in [5, 5.41) is 0. The normalized spacial score (nSPS) is 32.6. The van der Waals surface area contributed by atoms with Gasteiger partial charge in [0.05, 0.1) is 0 Å². The van der Waals surface area contributed by atoms with Crippen LogP contribution in [0.25, 0.3) is 0 Å². The van der Waals surface area contributed by atoms with Crippen LogP contribution in [0, 0.1) is 0 Å². The summed E-state index contributed by atoms with van der Waals surface area (Å²) >= 11 is 2.09. The highest BCUT2D eigenvalue weighted by molar-refractivity contribution is 7.99. The topological polar surface area (TPSA) is 29.3 Å². The predicted octanol–water partition coefficient (Wildman–Crippen LogP) is 2.70. The van der Waals surface area contributed by atoms with Crippen LogP contribution < -0.4 is 5.73 Å². The number of hydrogen-bond donors (Lipinski definition) is 1. The summed E-state index contributed by atoms with van der Waals surface area (Å²) in [4.78, 5) is 2.69. The maximum absolute atomic E-state index is 6.15. The van der Waals surface area contributed by atoms with Crippen LogP contribution in [0.5, 0.6) is 0 Å². The fraction of sp³-hybridized carbons (Fsp3) is 0.625. The fourth-order valence-electron chi connectivity index (χ4n) is 3.57. The van der Waals surface area contributed by atoms with Crippen molar-refractivity contribution >= 4 is 11.8 Å². The molecule has 2 nitrogen and oxygen atoms in total. The van der Waals surface area contributed by atoms with Crippen molar-refractivity contribution in [3.05, 3.63) is 35.9 Å². The highest BCUT2D eigenvalue weighted by Crippen LogP contribution is 2.37. The molecule has 2 aliphatic heterocycles. The monoisotopic (exact) mass is 276 g/mol. The van der Waals surface area contributed by atoms with Gasteiger partial charge in [-0.15, -0.1) is 0 Å². The Morgan fingerprint density at radius 2 is 2.16 bits per heavy atom. The Bertz CT molecular complexity index is 400. The Balaban J connectivity index is 1.71. The molecular weight excluding hydrogens is 252 g/mol. The molecule has 2 saturated heterocycles. The summed E-state index contributed by atoms with van der Waals surface area (Å²) in [7, 11) is 0. The first kappa shape index (κ1) is 13.5. The van der Waals surface area contributed by atoms with Gasteiger partial charge in [-0.25, -0.2) is 0 Å². The third-order valence-corrected chi connectivity index (χ3v) is 6.13. The van der Waals surface area contributed by atoms with Gasteiger partial charge in [-0.05, 0) is 43.0 Å². The van der Waals surface area contributed by atoms with Gasteiger partial charge in [0.15, 0.2) is 0 Å². The van der Waals surface area contributed by atoms with Gasteiger partial charge in [0.2, 0.25) is 0 Å². The highest BCUT2D eigenvalue weighted by atomic mass is 32.2. The lowest BCUT2D eigenvalue weighted by Crippen LogP contribution is -2.56. The third kappa shape index (κ3) is 2.69. The van der Waals surface area contributed by atoms with Crippen LogP contribution in [0.15, 0.2) is 30.3 Å². The first-order chi connectivity index (χ1) is 9.34. The van der Waals surface area contributed by atoms with Crippen molar-refractivity contribution in [2.75, 3.05) is 31.1 Å². The number of nitrogens with two attached hydrogens (primary N) is 1. The van der Waals surface area contributed by atoms with Gasteiger partial charge in [-0.1, -0.05) is 30.3 Å². The van der Waals surface area contributed by atoms with Gasteiger partial charge >= 0.3 is 0 Å². The molecule has 1 aromatic carbocycles. The zero-order valence-electron chi connectivity index (χ0n) is 11.6. The second kappa shape index (κ2) is 5.86. The van der Waals surface area contributed by atoms with E-state index in [4.69, 9.17) is 5.73 Å². The molecule has 0 bridgehead atoms. The van der Waals surface area contributed by atoms with E-state index in [9.17, 15) is 0 Å². The standard InChI is InChI=1S/C16H24N2S/c17-12-16(8-4-10-19-13-16)18-9-7-15(11-18)14-5-2-1-3-6-14/h1-3,5-6,15H,4,7-13,17H2. The van der Waals surface area contributed by atoms with Crippen molar-refractivity contribution < 1.29 is 0 Å². The number of nitrogens with zero attached hydrogens (tertiary/aromatic N) is 1. The Morgan fingerprint density at radius 1 is 1.32 bits per heavy atom. The Labute approximate surface area is 120 Å². The van der Waals surface area contributed by atoms with Crippen molar-refractivity contribution in [2.24, 2.45) is 5.73 Å². The van der Waals surface area contributed by atoms with E-state index < -0.39 is 0 Å². The van der Waals surface area contributed by atoms with Gasteiger partial charge in [0.1, 0.15) is 0 Å². The molecule has 2 fully saturated rings. The molecule has 1 aromatic rings. The Hall–Kier alpha value is -0.510. The van der Waals surface area contributed by atoms with Crippen LogP contribution in [0.1, 0.15) is 30.7 Å². The van der Waals surface area contributed by atoms with Crippen molar-refractivity contribution in [2.45, 2.75) is 30.7 Å². The van der Waals surface area contributed by atoms with Crippen LogP contribution in [-0.4, -0.2) is 41.6 Å². The van der Waals surface area contributed by atoms with E-state index in [0.29, 0.717) is 5.92 Å². The zero-order valence-corrected chi connectivity index (χ0v) is 12.4. The van der Waals surface area contributed by atoms with Gasteiger partial charge < -0.3 is 5.73 Å². The molecule has 2 unspecified atom stereocenters. The number of hydrogen-bond acceptors (Lipinski definition) is 3. The molecule has 2 atom stereocenters. The summed E-state index contributed by atoms with van der Waals surface area (Å²) in [6, 6.07) is 11.0. The minimum absolute atomic E-state index is 0.284. The lowest BCUT2D eigenvalue weighted by Gasteiger charge is -2.43. The van der Waals surface area contributed by atoms with Crippen molar-refractivity contribution in [3.63, 3.8) is 0 Å². The molecule has 3 rings (SSSR count). The van der Waals surface area contributed by atoms with Crippen LogP contribution >= 0.6 is 11.8 Å². The number of benzene rings is 1. The first-order valence-corrected chi connectivity index (χ1v) is 8.57. The average molecular weight is 276 g/mol. The number of likely N-dealkylation sites (tertiary alicyclic amines) is 1. The summed E-state index contributed by atoms with van der Waals surface area (Å²) in [5.41, 5.74) is 7.93. The molecule has 2 aliphatic rings. The lowest BCUT2D eigenvalue weighted by molar-refractivity contribution is 0.132. The van der Waals surface area contributed by atoms with Gasteiger partial charge in [0.25, 0.3) is 0 Å². The number of rotatable bonds is 3. The minimum atomic E-state index is 0.284. The van der Waals surface area contributed by atoms with E-state index in [1.807, 2.05) is 0 Å². The molecule has 0 aliphatic carbocycles. The SMILES string of the molecule is NCC1(N2CCC(c3ccccc3)C2)CCCSC1. The van der Waals surface area contributed by atoms with E-state index in [2.05, 4.69) is 47.0 Å². The maximum Gasteiger partial charge on any atom is 0.0422 e. The Kier molecular flexibility index (Phi) is 4.15. The average Bonchev–Trinajstić information content (AvgIpc) is 2.99. The van der Waals surface area contributed by atoms with Crippen molar-refractivity contribution in [3.8, 4) is 0 Å². The molecule has 2 N–H and O–H groups in total. The summed E-state index contributed by atoms with van der Waals surface area (Å²) in [6.07, 6.45) is 3.91. The second-order valence-corrected chi connectivity index (χ2v) is 7.03. The molecule has 3 heteroatoms. The molecule has 0 amide bonds. The molecule has 2 heterocycles. The number of thioether (sulfide) groups is 1. The van der Waals surface area contributed by atoms with E-state index in [1.54, 1.807) is 0 Å². The van der Waals surface area contributed by atoms with Gasteiger partial charge in [-0.3, -0.25) is 4.90 Å². The van der Waals surface area contributed by atoms with Crippen LogP contribution in [0.4, 0.5) is 0 Å². The summed E-state index contributed by atoms with van der Waals surface area (Å²) < 4.78 is 0. The van der Waals surface area contributed by atoms with Crippen LogP contribution in [0.2, 0.25) is 0 Å². The molecular formula is C16H24N2S. The highest BCUT2D eigenvalue weighted by Gasteiger charge is 2.40. The summed E-state index contributed by atoms with van der Waals surface area (Å²) in [6.45, 7) is 3.24. The second-order valence-electron chi connectivity index (χ2n) is 5.93. The van der Waals surface area contributed by atoms with E-state index in [0.717, 1.165) is 6.54 Å². The molecule has 0 radical (unpaired) electrons. The largest absolute Gasteiger partial charge is 0.329 e. The van der Waals surface area contributed by atoms with E-state index in [1.165, 1.54) is 49.4 Å². The van der Waals surface area contributed by atoms with Gasteiger partial charge in [-0.2, -0.15) is 11.8 Å².